The summed E-state index contributed by atoms with van der Waals surface area (Å²) in [6.45, 7) is 0.956. The number of halogens is 1. The van der Waals surface area contributed by atoms with Crippen LogP contribution in [0.25, 0.3) is 5.76 Å². The number of benzene rings is 1. The van der Waals surface area contributed by atoms with Gasteiger partial charge in [-0.05, 0) is 56.1 Å². The van der Waals surface area contributed by atoms with Crippen LogP contribution in [-0.4, -0.2) is 58.8 Å². The smallest absolute Gasteiger partial charge is 0.295 e. The number of likely N-dealkylation sites (N-methyl/N-ethyl adjacent to an activating group) is 1. The second-order valence-corrected chi connectivity index (χ2v) is 7.02. The van der Waals surface area contributed by atoms with Gasteiger partial charge in [0.15, 0.2) is 0 Å². The van der Waals surface area contributed by atoms with Crippen LogP contribution in [0.15, 0.2) is 54.4 Å². The van der Waals surface area contributed by atoms with Crippen LogP contribution in [0.1, 0.15) is 17.2 Å². The van der Waals surface area contributed by atoms with Crippen molar-refractivity contribution in [3.05, 3.63) is 70.5 Å². The number of carbonyl (C=O) groups excluding carboxylic acids is 2. The van der Waals surface area contributed by atoms with Gasteiger partial charge in [-0.3, -0.25) is 14.6 Å². The van der Waals surface area contributed by atoms with Gasteiger partial charge >= 0.3 is 0 Å². The molecule has 3 rings (SSSR count). The van der Waals surface area contributed by atoms with Crippen molar-refractivity contribution in [3.8, 4) is 0 Å². The number of nitrogens with zero attached hydrogens (tertiary/aromatic N) is 3. The number of hydrogen-bond donors (Lipinski definition) is 1. The molecule has 140 valence electrons. The van der Waals surface area contributed by atoms with E-state index in [1.165, 1.54) is 4.90 Å². The van der Waals surface area contributed by atoms with Crippen LogP contribution in [0.2, 0.25) is 5.02 Å². The van der Waals surface area contributed by atoms with Crippen molar-refractivity contribution in [1.82, 2.24) is 14.8 Å². The van der Waals surface area contributed by atoms with Crippen molar-refractivity contribution >= 4 is 29.1 Å². The van der Waals surface area contributed by atoms with E-state index in [9.17, 15) is 14.7 Å². The summed E-state index contributed by atoms with van der Waals surface area (Å²) in [5.74, 6) is -1.52. The van der Waals surface area contributed by atoms with Gasteiger partial charge in [-0.15, -0.1) is 0 Å². The molecule has 0 radical (unpaired) electrons. The Labute approximate surface area is 162 Å². The lowest BCUT2D eigenvalue weighted by atomic mass is 9.96. The monoisotopic (exact) mass is 385 g/mol. The van der Waals surface area contributed by atoms with E-state index in [-0.39, 0.29) is 11.3 Å². The molecule has 1 aromatic heterocycles. The van der Waals surface area contributed by atoms with Gasteiger partial charge in [0.1, 0.15) is 5.76 Å². The zero-order chi connectivity index (χ0) is 19.6. The summed E-state index contributed by atoms with van der Waals surface area (Å²) in [5, 5.41) is 11.4. The standard InChI is InChI=1S/C20H20ClN3O3/c1-23(2)11-12-24-17(13-7-9-22-10-8-13)16(19(26)20(24)27)18(25)14-3-5-15(21)6-4-14/h3-10,17,25H,11-12H2,1-2H3. The van der Waals surface area contributed by atoms with Crippen molar-refractivity contribution < 1.29 is 14.7 Å². The molecule has 0 bridgehead atoms. The van der Waals surface area contributed by atoms with E-state index in [0.717, 1.165) is 5.56 Å². The number of amides is 1. The lowest BCUT2D eigenvalue weighted by Crippen LogP contribution is -2.35. The highest BCUT2D eigenvalue weighted by Crippen LogP contribution is 2.39. The first-order chi connectivity index (χ1) is 12.9. The molecule has 1 N–H and O–H groups in total. The summed E-state index contributed by atoms with van der Waals surface area (Å²) < 4.78 is 0. The Morgan fingerprint density at radius 3 is 2.37 bits per heavy atom. The summed E-state index contributed by atoms with van der Waals surface area (Å²) >= 11 is 5.91. The Bertz CT molecular complexity index is 879. The van der Waals surface area contributed by atoms with E-state index in [4.69, 9.17) is 11.6 Å². The highest BCUT2D eigenvalue weighted by molar-refractivity contribution is 6.46. The van der Waals surface area contributed by atoms with Crippen LogP contribution in [-0.2, 0) is 9.59 Å². The summed E-state index contributed by atoms with van der Waals surface area (Å²) in [7, 11) is 3.79. The van der Waals surface area contributed by atoms with Crippen LogP contribution >= 0.6 is 11.6 Å². The molecule has 0 aliphatic carbocycles. The number of pyridine rings is 1. The summed E-state index contributed by atoms with van der Waals surface area (Å²) in [5.41, 5.74) is 1.23. The molecular formula is C20H20ClN3O3. The molecule has 2 aromatic rings. The first-order valence-corrected chi connectivity index (χ1v) is 8.87. The molecule has 1 amide bonds. The van der Waals surface area contributed by atoms with Crippen molar-refractivity contribution in [1.29, 1.82) is 0 Å². The average molecular weight is 386 g/mol. The zero-order valence-electron chi connectivity index (χ0n) is 15.1. The van der Waals surface area contributed by atoms with Crippen LogP contribution in [0.4, 0.5) is 0 Å². The quantitative estimate of drug-likeness (QED) is 0.486. The number of likely N-dealkylation sites (tertiary alicyclic amines) is 1. The van der Waals surface area contributed by atoms with E-state index >= 15 is 0 Å². The fraction of sp³-hybridized carbons (Fsp3) is 0.250. The molecule has 1 fully saturated rings. The fourth-order valence-corrected chi connectivity index (χ4v) is 3.20. The van der Waals surface area contributed by atoms with E-state index in [2.05, 4.69) is 4.98 Å². The minimum Gasteiger partial charge on any atom is -0.507 e. The number of rotatable bonds is 5. The van der Waals surface area contributed by atoms with E-state index in [1.54, 1.807) is 48.8 Å². The second kappa shape index (κ2) is 7.90. The van der Waals surface area contributed by atoms with Gasteiger partial charge in [-0.2, -0.15) is 0 Å². The lowest BCUT2D eigenvalue weighted by Gasteiger charge is -2.26. The van der Waals surface area contributed by atoms with E-state index in [0.29, 0.717) is 23.7 Å². The highest BCUT2D eigenvalue weighted by atomic mass is 35.5. The Morgan fingerprint density at radius 2 is 1.78 bits per heavy atom. The number of carbonyl (C=O) groups is 2. The van der Waals surface area contributed by atoms with Crippen molar-refractivity contribution in [3.63, 3.8) is 0 Å². The lowest BCUT2D eigenvalue weighted by molar-refractivity contribution is -0.140. The summed E-state index contributed by atoms with van der Waals surface area (Å²) in [4.78, 5) is 32.9. The molecule has 1 atom stereocenters. The fourth-order valence-electron chi connectivity index (χ4n) is 3.07. The van der Waals surface area contributed by atoms with Crippen LogP contribution < -0.4 is 0 Å². The third kappa shape index (κ3) is 3.86. The average Bonchev–Trinajstić information content (AvgIpc) is 2.91. The van der Waals surface area contributed by atoms with Crippen molar-refractivity contribution in [2.24, 2.45) is 0 Å². The predicted molar refractivity (Wildman–Crippen MR) is 103 cm³/mol. The molecule has 2 heterocycles. The van der Waals surface area contributed by atoms with Crippen LogP contribution in [0.5, 0.6) is 0 Å². The molecule has 1 unspecified atom stereocenters. The normalized spacial score (nSPS) is 19.1. The molecule has 6 nitrogen and oxygen atoms in total. The van der Waals surface area contributed by atoms with Gasteiger partial charge in [-0.25, -0.2) is 0 Å². The third-order valence-electron chi connectivity index (χ3n) is 4.47. The Kier molecular flexibility index (Phi) is 5.58. The molecule has 7 heteroatoms. The predicted octanol–water partition coefficient (Wildman–Crippen LogP) is 2.72. The second-order valence-electron chi connectivity index (χ2n) is 6.58. The molecule has 0 saturated carbocycles. The minimum absolute atomic E-state index is 0.0762. The zero-order valence-corrected chi connectivity index (χ0v) is 15.8. The van der Waals surface area contributed by atoms with Crippen LogP contribution in [0.3, 0.4) is 0 Å². The molecule has 0 spiro atoms. The third-order valence-corrected chi connectivity index (χ3v) is 4.72. The first-order valence-electron chi connectivity index (χ1n) is 8.49. The molecule has 1 aliphatic rings. The SMILES string of the molecule is CN(C)CCN1C(=O)C(=O)C(=C(O)c2ccc(Cl)cc2)C1c1ccncc1. The number of aliphatic hydroxyl groups is 1. The molecule has 1 aromatic carbocycles. The van der Waals surface area contributed by atoms with E-state index in [1.807, 2.05) is 19.0 Å². The van der Waals surface area contributed by atoms with Gasteiger partial charge in [0.05, 0.1) is 11.6 Å². The largest absolute Gasteiger partial charge is 0.507 e. The maximum absolute atomic E-state index is 12.8. The summed E-state index contributed by atoms with van der Waals surface area (Å²) in [6, 6.07) is 9.31. The molecule has 1 saturated heterocycles. The number of Topliss-reactive ketones (excluding diaryl/α,β-unsaturated/α-hetero) is 1. The number of aromatic nitrogens is 1. The minimum atomic E-state index is -0.692. The van der Waals surface area contributed by atoms with Gasteiger partial charge in [0.25, 0.3) is 11.7 Å². The van der Waals surface area contributed by atoms with E-state index < -0.39 is 17.7 Å². The Balaban J connectivity index is 2.12. The summed E-state index contributed by atoms with van der Waals surface area (Å²) in [6.07, 6.45) is 3.20. The molecular weight excluding hydrogens is 366 g/mol. The maximum atomic E-state index is 12.8. The number of aliphatic hydroxyl groups excluding tert-OH is 1. The molecule has 1 aliphatic heterocycles. The molecule has 27 heavy (non-hydrogen) atoms. The topological polar surface area (TPSA) is 73.7 Å². The first kappa shape index (κ1) is 19.1. The maximum Gasteiger partial charge on any atom is 0.295 e. The van der Waals surface area contributed by atoms with Gasteiger partial charge in [0, 0.05) is 36.1 Å². The Morgan fingerprint density at radius 1 is 1.15 bits per heavy atom. The van der Waals surface area contributed by atoms with Gasteiger partial charge in [0.2, 0.25) is 0 Å². The number of hydrogen-bond acceptors (Lipinski definition) is 5. The van der Waals surface area contributed by atoms with Gasteiger partial charge in [-0.1, -0.05) is 11.6 Å². The number of ketones is 1. The Hall–Kier alpha value is -2.70. The van der Waals surface area contributed by atoms with Crippen molar-refractivity contribution in [2.75, 3.05) is 27.2 Å². The van der Waals surface area contributed by atoms with Crippen LogP contribution in [0, 0.1) is 0 Å². The van der Waals surface area contributed by atoms with Crippen molar-refractivity contribution in [2.45, 2.75) is 6.04 Å². The van der Waals surface area contributed by atoms with Gasteiger partial charge < -0.3 is 14.9 Å². The highest BCUT2D eigenvalue weighted by Gasteiger charge is 2.45.